The standard InChI is InChI=1S/C21H24N4O2S/c1-5-16-8-6-7-9-18(16)25-19(26)11-23-20(27)12-28-21-17(10-22)14(3)13(2)15(4)24-21/h6-9H,5,11-12H2,1-4H3,(H,23,27)(H,25,26). The van der Waals surface area contributed by atoms with E-state index in [4.69, 9.17) is 0 Å². The largest absolute Gasteiger partial charge is 0.346 e. The van der Waals surface area contributed by atoms with Gasteiger partial charge in [0.05, 0.1) is 17.9 Å². The molecule has 1 heterocycles. The minimum Gasteiger partial charge on any atom is -0.346 e. The van der Waals surface area contributed by atoms with E-state index >= 15 is 0 Å². The van der Waals surface area contributed by atoms with Crippen LogP contribution in [0.25, 0.3) is 0 Å². The number of carbonyl (C=O) groups is 2. The van der Waals surface area contributed by atoms with Gasteiger partial charge < -0.3 is 10.6 Å². The normalized spacial score (nSPS) is 10.2. The molecule has 1 aromatic heterocycles. The number of amides is 2. The van der Waals surface area contributed by atoms with E-state index in [1.54, 1.807) is 0 Å². The molecule has 6 nitrogen and oxygen atoms in total. The van der Waals surface area contributed by atoms with Crippen molar-refractivity contribution in [1.82, 2.24) is 10.3 Å². The number of nitrogens with zero attached hydrogens (tertiary/aromatic N) is 2. The predicted molar refractivity (Wildman–Crippen MR) is 111 cm³/mol. The predicted octanol–water partition coefficient (Wildman–Crippen LogP) is 3.29. The average molecular weight is 397 g/mol. The minimum absolute atomic E-state index is 0.0858. The summed E-state index contributed by atoms with van der Waals surface area (Å²) in [5.74, 6) is -0.481. The Kier molecular flexibility index (Phi) is 7.59. The van der Waals surface area contributed by atoms with Crippen LogP contribution < -0.4 is 10.6 Å². The summed E-state index contributed by atoms with van der Waals surface area (Å²) in [5.41, 5.74) is 4.99. The summed E-state index contributed by atoms with van der Waals surface area (Å²) < 4.78 is 0. The second-order valence-electron chi connectivity index (χ2n) is 6.36. The molecule has 0 saturated carbocycles. The second kappa shape index (κ2) is 9.90. The van der Waals surface area contributed by atoms with Gasteiger partial charge in [0.2, 0.25) is 11.8 Å². The number of pyridine rings is 1. The van der Waals surface area contributed by atoms with Crippen LogP contribution in [0, 0.1) is 32.1 Å². The first-order chi connectivity index (χ1) is 13.4. The van der Waals surface area contributed by atoms with Crippen LogP contribution in [0.1, 0.15) is 34.9 Å². The van der Waals surface area contributed by atoms with Gasteiger partial charge in [-0.2, -0.15) is 5.26 Å². The summed E-state index contributed by atoms with van der Waals surface area (Å²) in [6.45, 7) is 7.59. The molecule has 0 saturated heterocycles. The third-order valence-corrected chi connectivity index (χ3v) is 5.51. The molecule has 0 bridgehead atoms. The molecule has 0 aliphatic heterocycles. The molecule has 2 rings (SSSR count). The number of nitriles is 1. The number of aryl methyl sites for hydroxylation is 2. The summed E-state index contributed by atoms with van der Waals surface area (Å²) in [6, 6.07) is 9.74. The van der Waals surface area contributed by atoms with Gasteiger partial charge in [0.1, 0.15) is 11.1 Å². The summed E-state index contributed by atoms with van der Waals surface area (Å²) >= 11 is 1.20. The van der Waals surface area contributed by atoms with Crippen molar-refractivity contribution in [2.45, 2.75) is 39.1 Å². The topological polar surface area (TPSA) is 94.9 Å². The van der Waals surface area contributed by atoms with Gasteiger partial charge in [-0.15, -0.1) is 0 Å². The average Bonchev–Trinajstić information content (AvgIpc) is 2.69. The fourth-order valence-corrected chi connectivity index (χ4v) is 3.57. The van der Waals surface area contributed by atoms with Crippen molar-refractivity contribution in [2.24, 2.45) is 0 Å². The van der Waals surface area contributed by atoms with Crippen molar-refractivity contribution in [3.8, 4) is 6.07 Å². The molecule has 0 spiro atoms. The molecule has 0 unspecified atom stereocenters. The summed E-state index contributed by atoms with van der Waals surface area (Å²) in [7, 11) is 0. The van der Waals surface area contributed by atoms with Crippen molar-refractivity contribution >= 4 is 29.3 Å². The Morgan fingerprint density at radius 2 is 1.86 bits per heavy atom. The van der Waals surface area contributed by atoms with E-state index in [1.807, 2.05) is 52.0 Å². The molecule has 7 heteroatoms. The highest BCUT2D eigenvalue weighted by Gasteiger charge is 2.15. The van der Waals surface area contributed by atoms with Crippen LogP contribution in [0.5, 0.6) is 0 Å². The lowest BCUT2D eigenvalue weighted by Gasteiger charge is -2.12. The maximum atomic E-state index is 12.1. The van der Waals surface area contributed by atoms with Crippen LogP contribution in [-0.2, 0) is 16.0 Å². The van der Waals surface area contributed by atoms with Gasteiger partial charge >= 0.3 is 0 Å². The molecule has 1 aromatic carbocycles. The summed E-state index contributed by atoms with van der Waals surface area (Å²) in [6.07, 6.45) is 0.809. The maximum absolute atomic E-state index is 12.1. The molecule has 2 amide bonds. The van der Waals surface area contributed by atoms with E-state index in [2.05, 4.69) is 21.7 Å². The monoisotopic (exact) mass is 396 g/mol. The van der Waals surface area contributed by atoms with Gasteiger partial charge in [-0.25, -0.2) is 4.98 Å². The van der Waals surface area contributed by atoms with Crippen molar-refractivity contribution in [2.75, 3.05) is 17.6 Å². The van der Waals surface area contributed by atoms with Gasteiger partial charge in [0.25, 0.3) is 0 Å². The van der Waals surface area contributed by atoms with E-state index in [0.29, 0.717) is 10.6 Å². The van der Waals surface area contributed by atoms with Crippen molar-refractivity contribution in [1.29, 1.82) is 5.26 Å². The first-order valence-corrected chi connectivity index (χ1v) is 10.0. The molecule has 0 atom stereocenters. The molecular weight excluding hydrogens is 372 g/mol. The van der Waals surface area contributed by atoms with Gasteiger partial charge in [-0.3, -0.25) is 9.59 Å². The Morgan fingerprint density at radius 1 is 1.14 bits per heavy atom. The second-order valence-corrected chi connectivity index (χ2v) is 7.33. The van der Waals surface area contributed by atoms with Gasteiger partial charge in [0, 0.05) is 11.4 Å². The zero-order chi connectivity index (χ0) is 20.7. The van der Waals surface area contributed by atoms with Crippen LogP contribution in [-0.4, -0.2) is 29.1 Å². The molecule has 0 aliphatic carbocycles. The SMILES string of the molecule is CCc1ccccc1NC(=O)CNC(=O)CSc1nc(C)c(C)c(C)c1C#N. The molecule has 0 fully saturated rings. The van der Waals surface area contributed by atoms with Crippen molar-refractivity contribution in [3.05, 3.63) is 52.2 Å². The van der Waals surface area contributed by atoms with Gasteiger partial charge in [-0.1, -0.05) is 36.9 Å². The van der Waals surface area contributed by atoms with E-state index in [0.717, 1.165) is 34.5 Å². The van der Waals surface area contributed by atoms with Crippen LogP contribution in [0.2, 0.25) is 0 Å². The number of para-hydroxylation sites is 1. The Morgan fingerprint density at radius 3 is 2.54 bits per heavy atom. The van der Waals surface area contributed by atoms with Gasteiger partial charge in [0.15, 0.2) is 0 Å². The molecule has 2 N–H and O–H groups in total. The van der Waals surface area contributed by atoms with Crippen molar-refractivity contribution in [3.63, 3.8) is 0 Å². The van der Waals surface area contributed by atoms with Crippen LogP contribution in [0.3, 0.4) is 0 Å². The minimum atomic E-state index is -0.287. The highest BCUT2D eigenvalue weighted by atomic mass is 32.2. The number of anilines is 1. The first-order valence-electron chi connectivity index (χ1n) is 9.02. The van der Waals surface area contributed by atoms with Crippen LogP contribution in [0.15, 0.2) is 29.3 Å². The Hall–Kier alpha value is -2.85. The molecular formula is C21H24N4O2S. The Balaban J connectivity index is 1.90. The molecule has 2 aromatic rings. The number of nitrogens with one attached hydrogen (secondary N) is 2. The van der Waals surface area contributed by atoms with Crippen LogP contribution in [0.4, 0.5) is 5.69 Å². The maximum Gasteiger partial charge on any atom is 0.243 e. The smallest absolute Gasteiger partial charge is 0.243 e. The van der Waals surface area contributed by atoms with Crippen molar-refractivity contribution < 1.29 is 9.59 Å². The van der Waals surface area contributed by atoms with Gasteiger partial charge in [-0.05, 0) is 49.9 Å². The zero-order valence-electron chi connectivity index (χ0n) is 16.5. The highest BCUT2D eigenvalue weighted by molar-refractivity contribution is 8.00. The fourth-order valence-electron chi connectivity index (χ4n) is 2.66. The highest BCUT2D eigenvalue weighted by Crippen LogP contribution is 2.26. The Bertz CT molecular complexity index is 935. The van der Waals surface area contributed by atoms with Crippen LogP contribution >= 0.6 is 11.8 Å². The first kappa shape index (κ1) is 21.5. The third kappa shape index (κ3) is 5.33. The number of benzene rings is 1. The number of thioether (sulfide) groups is 1. The molecule has 146 valence electrons. The number of hydrogen-bond acceptors (Lipinski definition) is 5. The fraction of sp³-hybridized carbons (Fsp3) is 0.333. The number of aromatic nitrogens is 1. The molecule has 28 heavy (non-hydrogen) atoms. The summed E-state index contributed by atoms with van der Waals surface area (Å²) in [5, 5.41) is 15.3. The quantitative estimate of drug-likeness (QED) is 0.700. The lowest BCUT2D eigenvalue weighted by atomic mass is 10.1. The lowest BCUT2D eigenvalue weighted by molar-refractivity contribution is -0.122. The van der Waals surface area contributed by atoms with E-state index in [9.17, 15) is 14.9 Å². The van der Waals surface area contributed by atoms with E-state index < -0.39 is 0 Å². The number of rotatable bonds is 7. The van der Waals surface area contributed by atoms with E-state index in [1.165, 1.54) is 11.8 Å². The number of hydrogen-bond donors (Lipinski definition) is 2. The Labute approximate surface area is 169 Å². The van der Waals surface area contributed by atoms with E-state index in [-0.39, 0.29) is 24.1 Å². The molecule has 0 radical (unpaired) electrons. The third-order valence-electron chi connectivity index (χ3n) is 4.53. The lowest BCUT2D eigenvalue weighted by Crippen LogP contribution is -2.34. The number of carbonyl (C=O) groups excluding carboxylic acids is 2. The zero-order valence-corrected chi connectivity index (χ0v) is 17.4. The summed E-state index contributed by atoms with van der Waals surface area (Å²) in [4.78, 5) is 28.6. The molecule has 0 aliphatic rings.